The van der Waals surface area contributed by atoms with E-state index in [4.69, 9.17) is 5.21 Å². The molecule has 2 fully saturated rings. The number of hydrogen-bond donors (Lipinski definition) is 3. The van der Waals surface area contributed by atoms with E-state index in [1.165, 1.54) is 17.0 Å². The fraction of sp³-hybridized carbons (Fsp3) is 0.467. The van der Waals surface area contributed by atoms with Crippen molar-refractivity contribution >= 4 is 17.7 Å². The Morgan fingerprint density at radius 3 is 2.25 bits per heavy atom. The Balaban J connectivity index is 1.99. The van der Waals surface area contributed by atoms with Gasteiger partial charge in [-0.1, -0.05) is 12.1 Å². The first-order valence-electron chi connectivity index (χ1n) is 7.64. The molecule has 4 unspecified atom stereocenters. The highest BCUT2D eigenvalue weighted by molar-refractivity contribution is 5.80. The fourth-order valence-electron chi connectivity index (χ4n) is 3.55. The molecule has 1 aromatic rings. The molecule has 0 bridgehead atoms. The lowest BCUT2D eigenvalue weighted by atomic mass is 9.81. The maximum Gasteiger partial charge on any atom is 0.319 e. The monoisotopic (exact) mass is 334 g/mol. The number of amides is 4. The molecule has 3 rings (SSSR count). The van der Waals surface area contributed by atoms with Gasteiger partial charge in [0.1, 0.15) is 6.17 Å². The van der Waals surface area contributed by atoms with Crippen molar-refractivity contribution in [2.45, 2.75) is 25.2 Å². The number of carbonyl (C=O) groups excluding carboxylic acids is 2. The van der Waals surface area contributed by atoms with E-state index in [2.05, 4.69) is 10.6 Å². The first-order valence-corrected chi connectivity index (χ1v) is 7.64. The molecule has 2 aliphatic heterocycles. The summed E-state index contributed by atoms with van der Waals surface area (Å²) in [6.45, 7) is 1.91. The Morgan fingerprint density at radius 1 is 1.08 bits per heavy atom. The van der Waals surface area contributed by atoms with Crippen LogP contribution >= 0.6 is 0 Å². The second-order valence-electron chi connectivity index (χ2n) is 6.24. The second-order valence-corrected chi connectivity index (χ2v) is 6.24. The molecule has 1 aromatic carbocycles. The van der Waals surface area contributed by atoms with Crippen LogP contribution < -0.4 is 15.9 Å². The molecular formula is C15H20N5O4-. The highest BCUT2D eigenvalue weighted by atomic mass is 16.8. The summed E-state index contributed by atoms with van der Waals surface area (Å²) >= 11 is 0. The van der Waals surface area contributed by atoms with Gasteiger partial charge in [0, 0.05) is 26.1 Å². The summed E-state index contributed by atoms with van der Waals surface area (Å²) in [6, 6.07) is 5.46. The SMILES string of the molecule is CC1NC(=O)N(C)C2NC(=O)N(C)C(c3ccc(N([O-])O)cc3)C12. The number of carbonyl (C=O) groups is 2. The molecule has 0 spiro atoms. The molecule has 9 heteroatoms. The summed E-state index contributed by atoms with van der Waals surface area (Å²) in [6.07, 6.45) is -0.420. The normalized spacial score (nSPS) is 29.7. The summed E-state index contributed by atoms with van der Waals surface area (Å²) in [4.78, 5) is 27.4. The minimum Gasteiger partial charge on any atom is -0.733 e. The maximum atomic E-state index is 12.3. The van der Waals surface area contributed by atoms with Crippen molar-refractivity contribution in [3.05, 3.63) is 35.0 Å². The summed E-state index contributed by atoms with van der Waals surface area (Å²) < 4.78 is 0. The number of rotatable bonds is 2. The van der Waals surface area contributed by atoms with Gasteiger partial charge in [0.15, 0.2) is 0 Å². The minimum atomic E-state index is -0.420. The Morgan fingerprint density at radius 2 is 1.67 bits per heavy atom. The molecule has 0 saturated carbocycles. The van der Waals surface area contributed by atoms with Crippen LogP contribution in [0.25, 0.3) is 0 Å². The number of nitrogens with one attached hydrogen (secondary N) is 2. The highest BCUT2D eigenvalue weighted by Crippen LogP contribution is 2.38. The number of nitrogens with zero attached hydrogens (tertiary/aromatic N) is 3. The largest absolute Gasteiger partial charge is 0.733 e. The topological polar surface area (TPSA) is 111 Å². The minimum absolute atomic E-state index is 0.0845. The molecular weight excluding hydrogens is 314 g/mol. The molecule has 2 saturated heterocycles. The van der Waals surface area contributed by atoms with Crippen molar-refractivity contribution in [1.82, 2.24) is 20.4 Å². The molecule has 2 aliphatic rings. The van der Waals surface area contributed by atoms with E-state index in [0.717, 1.165) is 5.56 Å². The zero-order valence-electron chi connectivity index (χ0n) is 13.6. The zero-order chi connectivity index (χ0) is 17.6. The smallest absolute Gasteiger partial charge is 0.319 e. The number of fused-ring (bicyclic) bond motifs is 1. The van der Waals surface area contributed by atoms with E-state index in [1.54, 1.807) is 31.1 Å². The van der Waals surface area contributed by atoms with E-state index < -0.39 is 6.17 Å². The van der Waals surface area contributed by atoms with Crippen molar-refractivity contribution < 1.29 is 14.8 Å². The van der Waals surface area contributed by atoms with Crippen LogP contribution in [0.5, 0.6) is 0 Å². The zero-order valence-corrected chi connectivity index (χ0v) is 13.6. The third-order valence-electron chi connectivity index (χ3n) is 4.86. The molecule has 4 amide bonds. The van der Waals surface area contributed by atoms with Crippen molar-refractivity contribution in [2.24, 2.45) is 5.92 Å². The van der Waals surface area contributed by atoms with Gasteiger partial charge in [-0.25, -0.2) is 9.59 Å². The Bertz CT molecular complexity index is 650. The molecule has 3 N–H and O–H groups in total. The molecule has 0 aliphatic carbocycles. The van der Waals surface area contributed by atoms with Crippen LogP contribution in [0.4, 0.5) is 15.3 Å². The molecule has 2 heterocycles. The number of urea groups is 2. The Labute approximate surface area is 139 Å². The van der Waals surface area contributed by atoms with Crippen LogP contribution in [0.3, 0.4) is 0 Å². The molecule has 0 aromatic heterocycles. The van der Waals surface area contributed by atoms with Crippen LogP contribution in [0.1, 0.15) is 18.5 Å². The lowest BCUT2D eigenvalue weighted by Crippen LogP contribution is -2.71. The van der Waals surface area contributed by atoms with Crippen molar-refractivity contribution in [3.63, 3.8) is 0 Å². The Hall–Kier alpha value is -2.52. The Kier molecular flexibility index (Phi) is 3.98. The second kappa shape index (κ2) is 5.84. The van der Waals surface area contributed by atoms with Crippen molar-refractivity contribution in [3.8, 4) is 0 Å². The van der Waals surface area contributed by atoms with Crippen LogP contribution in [0, 0.1) is 11.1 Å². The lowest BCUT2D eigenvalue weighted by Gasteiger charge is -2.52. The summed E-state index contributed by atoms with van der Waals surface area (Å²) in [5.41, 5.74) is 0.935. The van der Waals surface area contributed by atoms with Gasteiger partial charge < -0.3 is 30.9 Å². The maximum absolute atomic E-state index is 12.3. The van der Waals surface area contributed by atoms with Gasteiger partial charge in [0.25, 0.3) is 0 Å². The molecule has 24 heavy (non-hydrogen) atoms. The van der Waals surface area contributed by atoms with E-state index in [-0.39, 0.29) is 41.0 Å². The quantitative estimate of drug-likeness (QED) is 0.700. The van der Waals surface area contributed by atoms with Gasteiger partial charge in [-0.05, 0) is 24.6 Å². The first kappa shape index (κ1) is 16.3. The lowest BCUT2D eigenvalue weighted by molar-refractivity contribution is 0.0248. The fourth-order valence-corrected chi connectivity index (χ4v) is 3.55. The summed E-state index contributed by atoms with van der Waals surface area (Å²) in [5.74, 6) is -0.0845. The third-order valence-corrected chi connectivity index (χ3v) is 4.86. The van der Waals surface area contributed by atoms with Crippen molar-refractivity contribution in [1.29, 1.82) is 0 Å². The first-order chi connectivity index (χ1) is 11.3. The van der Waals surface area contributed by atoms with E-state index in [0.29, 0.717) is 0 Å². The van der Waals surface area contributed by atoms with Crippen LogP contribution in [-0.2, 0) is 0 Å². The average molecular weight is 334 g/mol. The van der Waals surface area contributed by atoms with Gasteiger partial charge in [-0.2, -0.15) is 0 Å². The highest BCUT2D eigenvalue weighted by Gasteiger charge is 2.49. The van der Waals surface area contributed by atoms with Gasteiger partial charge in [-0.3, -0.25) is 5.21 Å². The average Bonchev–Trinajstić information content (AvgIpc) is 2.54. The summed E-state index contributed by atoms with van der Waals surface area (Å²) in [7, 11) is 3.34. The van der Waals surface area contributed by atoms with Gasteiger partial charge in [0.2, 0.25) is 0 Å². The predicted octanol–water partition coefficient (Wildman–Crippen LogP) is 1.06. The molecule has 9 nitrogen and oxygen atoms in total. The number of anilines is 1. The van der Waals surface area contributed by atoms with Crippen molar-refractivity contribution in [2.75, 3.05) is 19.3 Å². The summed E-state index contributed by atoms with van der Waals surface area (Å²) in [5, 5.41) is 25.5. The number of hydrogen-bond acceptors (Lipinski definition) is 5. The third kappa shape index (κ3) is 2.51. The molecule has 130 valence electrons. The van der Waals surface area contributed by atoms with Crippen LogP contribution in [0.15, 0.2) is 24.3 Å². The van der Waals surface area contributed by atoms with Gasteiger partial charge >= 0.3 is 12.1 Å². The van der Waals surface area contributed by atoms with E-state index in [1.807, 2.05) is 6.92 Å². The van der Waals surface area contributed by atoms with Crippen LogP contribution in [-0.4, -0.2) is 53.4 Å². The van der Waals surface area contributed by atoms with Crippen LogP contribution in [0.2, 0.25) is 0 Å². The standard InChI is InChI=1S/C15H20N5O4/c1-8-11-12(9-4-6-10(7-5-9)20(23)24)18(2)15(22)17-13(11)19(3)14(21)16-8/h4-8,11-13,23H,1-3H3,(H,16,21)(H,17,22)/q-1. The van der Waals surface area contributed by atoms with Gasteiger partial charge in [-0.15, -0.1) is 0 Å². The number of benzene rings is 1. The predicted molar refractivity (Wildman–Crippen MR) is 86.1 cm³/mol. The van der Waals surface area contributed by atoms with Gasteiger partial charge in [0.05, 0.1) is 11.7 Å². The van der Waals surface area contributed by atoms with E-state index >= 15 is 0 Å². The van der Waals surface area contributed by atoms with E-state index in [9.17, 15) is 14.8 Å². The molecule has 0 radical (unpaired) electrons. The molecule has 4 atom stereocenters.